The monoisotopic (exact) mass is 169 g/mol. The van der Waals surface area contributed by atoms with Crippen molar-refractivity contribution < 1.29 is 14.0 Å². The molecule has 10 heavy (non-hydrogen) atoms. The van der Waals surface area contributed by atoms with Gasteiger partial charge in [0.1, 0.15) is 0 Å². The summed E-state index contributed by atoms with van der Waals surface area (Å²) in [7, 11) is 0. The van der Waals surface area contributed by atoms with E-state index in [1.54, 1.807) is 0 Å². The zero-order valence-corrected chi connectivity index (χ0v) is 5.78. The molecule has 1 aliphatic rings. The quantitative estimate of drug-likeness (QED) is 0.383. The molecule has 0 heterocycles. The topological polar surface area (TPSA) is 32.6 Å². The molecule has 0 aliphatic heterocycles. The lowest BCUT2D eigenvalue weighted by Gasteiger charge is -2.10. The Morgan fingerprint density at radius 2 is 2.10 bits per heavy atom. The predicted molar refractivity (Wildman–Crippen MR) is 32.7 cm³/mol. The van der Waals surface area contributed by atoms with Gasteiger partial charge in [-0.2, -0.15) is 8.78 Å². The Morgan fingerprint density at radius 1 is 1.60 bits per heavy atom. The highest BCUT2D eigenvalue weighted by molar-refractivity contribution is 6.67. The van der Waals surface area contributed by atoms with Gasteiger partial charge >= 0.3 is 5.92 Å². The fraction of sp³-hybridized carbons (Fsp3) is 0.800. The summed E-state index contributed by atoms with van der Waals surface area (Å²) in [6.45, 7) is 0. The maximum Gasteiger partial charge on any atom is 0.306 e. The third kappa shape index (κ3) is 1.21. The van der Waals surface area contributed by atoms with Crippen LogP contribution in [0.1, 0.15) is 12.8 Å². The molecular formula is C5H6ClF2NO. The summed E-state index contributed by atoms with van der Waals surface area (Å²) in [4.78, 5) is 0. The lowest BCUT2D eigenvalue weighted by Crippen LogP contribution is -2.26. The molecule has 0 unspecified atom stereocenters. The number of hydrogen-bond acceptors (Lipinski definition) is 2. The second-order valence-corrected chi connectivity index (χ2v) is 2.65. The van der Waals surface area contributed by atoms with Gasteiger partial charge in [-0.3, -0.25) is 0 Å². The molecule has 0 aromatic rings. The predicted octanol–water partition coefficient (Wildman–Crippen LogP) is 2.06. The van der Waals surface area contributed by atoms with E-state index in [0.717, 1.165) is 0 Å². The van der Waals surface area contributed by atoms with E-state index in [1.807, 2.05) is 0 Å². The standard InChI is InChI=1S/C5H6ClF2NO/c6-4(9-10)5(7,8)3-1-2-3/h3,10H,1-2H2. The fourth-order valence-corrected chi connectivity index (χ4v) is 0.835. The van der Waals surface area contributed by atoms with Gasteiger partial charge in [0.15, 0.2) is 0 Å². The second-order valence-electron chi connectivity index (χ2n) is 2.29. The van der Waals surface area contributed by atoms with Gasteiger partial charge in [0.2, 0.25) is 5.17 Å². The van der Waals surface area contributed by atoms with Gasteiger partial charge in [-0.05, 0) is 12.8 Å². The number of alkyl halides is 2. The van der Waals surface area contributed by atoms with Crippen LogP contribution in [0.25, 0.3) is 0 Å². The summed E-state index contributed by atoms with van der Waals surface area (Å²) >= 11 is 4.94. The highest BCUT2D eigenvalue weighted by Crippen LogP contribution is 2.44. The van der Waals surface area contributed by atoms with Crippen molar-refractivity contribution in [1.29, 1.82) is 0 Å². The van der Waals surface area contributed by atoms with Gasteiger partial charge in [-0.15, -0.1) is 0 Å². The van der Waals surface area contributed by atoms with Gasteiger partial charge in [-0.25, -0.2) is 0 Å². The molecular weight excluding hydrogens is 164 g/mol. The average molecular weight is 170 g/mol. The molecule has 58 valence electrons. The van der Waals surface area contributed by atoms with E-state index in [1.165, 1.54) is 0 Å². The summed E-state index contributed by atoms with van der Waals surface area (Å²) in [5, 5.41) is 9.17. The molecule has 5 heteroatoms. The molecule has 0 aromatic heterocycles. The number of nitrogens with zero attached hydrogens (tertiary/aromatic N) is 1. The molecule has 0 bridgehead atoms. The lowest BCUT2D eigenvalue weighted by atomic mass is 10.2. The maximum absolute atomic E-state index is 12.6. The zero-order chi connectivity index (χ0) is 7.78. The summed E-state index contributed by atoms with van der Waals surface area (Å²) < 4.78 is 25.2. The van der Waals surface area contributed by atoms with Crippen LogP contribution in [0.15, 0.2) is 5.16 Å². The van der Waals surface area contributed by atoms with Crippen LogP contribution in [0.5, 0.6) is 0 Å². The molecule has 0 spiro atoms. The van der Waals surface area contributed by atoms with Crippen molar-refractivity contribution in [2.45, 2.75) is 18.8 Å². The number of halogens is 3. The Morgan fingerprint density at radius 3 is 2.40 bits per heavy atom. The van der Waals surface area contributed by atoms with Crippen LogP contribution >= 0.6 is 11.6 Å². The Labute approximate surface area is 61.5 Å². The summed E-state index contributed by atoms with van der Waals surface area (Å²) in [6.07, 6.45) is 0.914. The van der Waals surface area contributed by atoms with Crippen LogP contribution in [0.2, 0.25) is 0 Å². The van der Waals surface area contributed by atoms with Gasteiger partial charge in [0.05, 0.1) is 0 Å². The largest absolute Gasteiger partial charge is 0.410 e. The van der Waals surface area contributed by atoms with Crippen molar-refractivity contribution in [1.82, 2.24) is 0 Å². The first-order valence-corrected chi connectivity index (χ1v) is 3.22. The third-order valence-corrected chi connectivity index (χ3v) is 1.78. The van der Waals surface area contributed by atoms with Crippen LogP contribution < -0.4 is 0 Å². The van der Waals surface area contributed by atoms with E-state index < -0.39 is 17.0 Å². The molecule has 1 saturated carbocycles. The molecule has 1 fully saturated rings. The van der Waals surface area contributed by atoms with Crippen molar-refractivity contribution in [2.24, 2.45) is 11.1 Å². The van der Waals surface area contributed by atoms with E-state index in [9.17, 15) is 8.78 Å². The number of oxime groups is 1. The van der Waals surface area contributed by atoms with E-state index in [4.69, 9.17) is 16.8 Å². The van der Waals surface area contributed by atoms with Gasteiger partial charge in [-0.1, -0.05) is 16.8 Å². The molecule has 2 nitrogen and oxygen atoms in total. The Bertz CT molecular complexity index is 167. The highest BCUT2D eigenvalue weighted by Gasteiger charge is 2.50. The lowest BCUT2D eigenvalue weighted by molar-refractivity contribution is 0.0529. The van der Waals surface area contributed by atoms with Crippen LogP contribution in [0, 0.1) is 5.92 Å². The number of hydrogen-bond donors (Lipinski definition) is 1. The maximum atomic E-state index is 12.6. The molecule has 0 saturated heterocycles. The Balaban J connectivity index is 2.65. The second kappa shape index (κ2) is 2.34. The van der Waals surface area contributed by atoms with Crippen LogP contribution in [0.4, 0.5) is 8.78 Å². The summed E-state index contributed by atoms with van der Waals surface area (Å²) in [5.74, 6) is -3.83. The van der Waals surface area contributed by atoms with Crippen molar-refractivity contribution in [3.63, 3.8) is 0 Å². The van der Waals surface area contributed by atoms with Crippen molar-refractivity contribution in [3.8, 4) is 0 Å². The smallest absolute Gasteiger partial charge is 0.306 e. The van der Waals surface area contributed by atoms with Crippen molar-refractivity contribution >= 4 is 16.8 Å². The van der Waals surface area contributed by atoms with Crippen LogP contribution in [-0.4, -0.2) is 16.3 Å². The van der Waals surface area contributed by atoms with E-state index >= 15 is 0 Å². The molecule has 1 N–H and O–H groups in total. The minimum Gasteiger partial charge on any atom is -0.410 e. The van der Waals surface area contributed by atoms with Crippen molar-refractivity contribution in [3.05, 3.63) is 0 Å². The number of rotatable bonds is 2. The molecule has 0 aromatic carbocycles. The molecule has 1 aliphatic carbocycles. The minimum absolute atomic E-state index is 0.457. The van der Waals surface area contributed by atoms with Crippen LogP contribution in [-0.2, 0) is 0 Å². The van der Waals surface area contributed by atoms with Crippen molar-refractivity contribution in [2.75, 3.05) is 0 Å². The first-order valence-electron chi connectivity index (χ1n) is 2.85. The Hall–Kier alpha value is -0.380. The van der Waals surface area contributed by atoms with E-state index in [-0.39, 0.29) is 0 Å². The van der Waals surface area contributed by atoms with Gasteiger partial charge < -0.3 is 5.21 Å². The molecule has 0 radical (unpaired) electrons. The highest BCUT2D eigenvalue weighted by atomic mass is 35.5. The first-order chi connectivity index (χ1) is 4.59. The third-order valence-electron chi connectivity index (χ3n) is 1.45. The molecule has 1 rings (SSSR count). The molecule has 0 amide bonds. The van der Waals surface area contributed by atoms with Gasteiger partial charge in [0, 0.05) is 5.92 Å². The Kier molecular flexibility index (Phi) is 1.81. The SMILES string of the molecule is ON=C(Cl)C(F)(F)C1CC1. The average Bonchev–Trinajstić information content (AvgIpc) is 2.66. The van der Waals surface area contributed by atoms with E-state index in [0.29, 0.717) is 12.8 Å². The summed E-state index contributed by atoms with van der Waals surface area (Å²) in [5.41, 5.74) is 0. The first kappa shape index (κ1) is 7.72. The van der Waals surface area contributed by atoms with Crippen LogP contribution in [0.3, 0.4) is 0 Å². The van der Waals surface area contributed by atoms with E-state index in [2.05, 4.69) is 5.16 Å². The minimum atomic E-state index is -3.11. The zero-order valence-electron chi connectivity index (χ0n) is 5.02. The normalized spacial score (nSPS) is 21.3. The summed E-state index contributed by atoms with van der Waals surface area (Å²) in [6, 6.07) is 0. The fourth-order valence-electron chi connectivity index (χ4n) is 0.681. The molecule has 0 atom stereocenters. The van der Waals surface area contributed by atoms with Gasteiger partial charge in [0.25, 0.3) is 0 Å².